The summed E-state index contributed by atoms with van der Waals surface area (Å²) in [7, 11) is 0. The van der Waals surface area contributed by atoms with Crippen LogP contribution >= 0.6 is 0 Å². The molecule has 1 aromatic carbocycles. The maximum absolute atomic E-state index is 5.59. The Kier molecular flexibility index (Phi) is 7.11. The normalized spacial score (nSPS) is 12.1. The van der Waals surface area contributed by atoms with Gasteiger partial charge in [-0.05, 0) is 38.2 Å². The summed E-state index contributed by atoms with van der Waals surface area (Å²) < 4.78 is 5.59. The minimum Gasteiger partial charge on any atom is -0.380 e. The lowest BCUT2D eigenvalue weighted by molar-refractivity contribution is 0.106. The van der Waals surface area contributed by atoms with Gasteiger partial charge in [-0.1, -0.05) is 44.2 Å². The van der Waals surface area contributed by atoms with Crippen LogP contribution in [0.1, 0.15) is 39.7 Å². The van der Waals surface area contributed by atoms with Gasteiger partial charge in [0.15, 0.2) is 0 Å². The molecule has 0 heterocycles. The van der Waals surface area contributed by atoms with Crippen molar-refractivity contribution in [2.75, 3.05) is 19.8 Å². The fraction of sp³-hybridized carbons (Fsp3) is 0.647. The molecule has 19 heavy (non-hydrogen) atoms. The van der Waals surface area contributed by atoms with E-state index >= 15 is 0 Å². The second-order valence-corrected chi connectivity index (χ2v) is 6.27. The predicted molar refractivity (Wildman–Crippen MR) is 82.5 cm³/mol. The number of nitrogens with one attached hydrogen (secondary N) is 1. The molecule has 0 saturated carbocycles. The molecule has 0 aromatic heterocycles. The standard InChI is InChI=1S/C17H29NO/c1-15(2)14-19-13-12-18-17(3,4)11-10-16-8-6-5-7-9-16/h5-9,15,18H,10-14H2,1-4H3. The average Bonchev–Trinajstić information content (AvgIpc) is 2.37. The summed E-state index contributed by atoms with van der Waals surface area (Å²) in [5.74, 6) is 0.617. The number of rotatable bonds is 9. The van der Waals surface area contributed by atoms with Gasteiger partial charge in [0.05, 0.1) is 6.61 Å². The highest BCUT2D eigenvalue weighted by Gasteiger charge is 2.16. The lowest BCUT2D eigenvalue weighted by Crippen LogP contribution is -2.41. The highest BCUT2D eigenvalue weighted by Crippen LogP contribution is 2.13. The summed E-state index contributed by atoms with van der Waals surface area (Å²) in [5, 5.41) is 3.58. The Hall–Kier alpha value is -0.860. The van der Waals surface area contributed by atoms with E-state index in [9.17, 15) is 0 Å². The lowest BCUT2D eigenvalue weighted by atomic mass is 9.95. The molecule has 0 aliphatic carbocycles. The van der Waals surface area contributed by atoms with Crippen molar-refractivity contribution in [3.05, 3.63) is 35.9 Å². The van der Waals surface area contributed by atoms with E-state index in [1.54, 1.807) is 0 Å². The minimum absolute atomic E-state index is 0.164. The van der Waals surface area contributed by atoms with Crippen molar-refractivity contribution < 1.29 is 4.74 Å². The van der Waals surface area contributed by atoms with E-state index in [0.29, 0.717) is 5.92 Å². The molecule has 1 aromatic rings. The minimum atomic E-state index is 0.164. The summed E-state index contributed by atoms with van der Waals surface area (Å²) in [4.78, 5) is 0. The molecule has 0 spiro atoms. The Balaban J connectivity index is 2.17. The second kappa shape index (κ2) is 8.34. The molecule has 0 saturated heterocycles. The van der Waals surface area contributed by atoms with Gasteiger partial charge in [-0.25, -0.2) is 0 Å². The average molecular weight is 263 g/mol. The molecule has 108 valence electrons. The summed E-state index contributed by atoms with van der Waals surface area (Å²) in [6.07, 6.45) is 2.26. The molecule has 0 aliphatic rings. The highest BCUT2D eigenvalue weighted by molar-refractivity contribution is 5.15. The van der Waals surface area contributed by atoms with Crippen LogP contribution in [0, 0.1) is 5.92 Å². The molecule has 1 rings (SSSR count). The molecule has 2 nitrogen and oxygen atoms in total. The predicted octanol–water partition coefficient (Wildman–Crippen LogP) is 3.66. The van der Waals surface area contributed by atoms with Crippen molar-refractivity contribution in [3.63, 3.8) is 0 Å². The number of benzene rings is 1. The highest BCUT2D eigenvalue weighted by atomic mass is 16.5. The summed E-state index contributed by atoms with van der Waals surface area (Å²) in [6.45, 7) is 11.5. The van der Waals surface area contributed by atoms with Gasteiger partial charge in [-0.15, -0.1) is 0 Å². The number of aryl methyl sites for hydroxylation is 1. The van der Waals surface area contributed by atoms with Crippen molar-refractivity contribution in [3.8, 4) is 0 Å². The first-order valence-electron chi connectivity index (χ1n) is 7.36. The van der Waals surface area contributed by atoms with Crippen LogP contribution < -0.4 is 5.32 Å². The SMILES string of the molecule is CC(C)COCCNC(C)(C)CCc1ccccc1. The summed E-state index contributed by atoms with van der Waals surface area (Å²) in [6, 6.07) is 10.7. The Morgan fingerprint density at radius 2 is 1.84 bits per heavy atom. The first kappa shape index (κ1) is 16.2. The van der Waals surface area contributed by atoms with Gasteiger partial charge in [0.2, 0.25) is 0 Å². The van der Waals surface area contributed by atoms with Crippen molar-refractivity contribution >= 4 is 0 Å². The first-order valence-corrected chi connectivity index (χ1v) is 7.36. The zero-order chi connectivity index (χ0) is 14.1. The largest absolute Gasteiger partial charge is 0.380 e. The van der Waals surface area contributed by atoms with Gasteiger partial charge in [0.25, 0.3) is 0 Å². The van der Waals surface area contributed by atoms with Gasteiger partial charge in [-0.2, -0.15) is 0 Å². The molecule has 1 N–H and O–H groups in total. The monoisotopic (exact) mass is 263 g/mol. The fourth-order valence-corrected chi connectivity index (χ4v) is 1.97. The number of ether oxygens (including phenoxy) is 1. The van der Waals surface area contributed by atoms with Crippen LogP contribution in [0.4, 0.5) is 0 Å². The van der Waals surface area contributed by atoms with Gasteiger partial charge < -0.3 is 10.1 Å². The smallest absolute Gasteiger partial charge is 0.0591 e. The van der Waals surface area contributed by atoms with Crippen molar-refractivity contribution in [2.24, 2.45) is 5.92 Å². The Labute approximate surface area is 118 Å². The molecule has 0 amide bonds. The third kappa shape index (κ3) is 8.02. The van der Waals surface area contributed by atoms with E-state index in [1.165, 1.54) is 5.56 Å². The van der Waals surface area contributed by atoms with Crippen molar-refractivity contribution in [2.45, 2.75) is 46.1 Å². The zero-order valence-corrected chi connectivity index (χ0v) is 12.9. The Morgan fingerprint density at radius 1 is 1.16 bits per heavy atom. The van der Waals surface area contributed by atoms with E-state index in [0.717, 1.165) is 32.6 Å². The van der Waals surface area contributed by atoms with E-state index in [-0.39, 0.29) is 5.54 Å². The number of hydrogen-bond acceptors (Lipinski definition) is 2. The maximum Gasteiger partial charge on any atom is 0.0591 e. The van der Waals surface area contributed by atoms with Crippen LogP contribution in [-0.4, -0.2) is 25.3 Å². The van der Waals surface area contributed by atoms with Gasteiger partial charge in [-0.3, -0.25) is 0 Å². The van der Waals surface area contributed by atoms with Gasteiger partial charge in [0.1, 0.15) is 0 Å². The first-order chi connectivity index (χ1) is 8.99. The van der Waals surface area contributed by atoms with E-state index in [1.807, 2.05) is 0 Å². The molecule has 0 radical (unpaired) electrons. The Bertz CT molecular complexity index is 332. The topological polar surface area (TPSA) is 21.3 Å². The third-order valence-electron chi connectivity index (χ3n) is 3.18. The molecule has 0 bridgehead atoms. The van der Waals surface area contributed by atoms with Crippen molar-refractivity contribution in [1.82, 2.24) is 5.32 Å². The van der Waals surface area contributed by atoms with Crippen LogP contribution in [0.5, 0.6) is 0 Å². The van der Waals surface area contributed by atoms with E-state index in [4.69, 9.17) is 4.74 Å². The molecule has 0 aliphatic heterocycles. The van der Waals surface area contributed by atoms with Crippen LogP contribution in [0.3, 0.4) is 0 Å². The molecular weight excluding hydrogens is 234 g/mol. The number of hydrogen-bond donors (Lipinski definition) is 1. The quantitative estimate of drug-likeness (QED) is 0.687. The molecule has 2 heteroatoms. The maximum atomic E-state index is 5.59. The lowest BCUT2D eigenvalue weighted by Gasteiger charge is -2.26. The molecule has 0 unspecified atom stereocenters. The van der Waals surface area contributed by atoms with E-state index in [2.05, 4.69) is 63.3 Å². The van der Waals surface area contributed by atoms with Crippen molar-refractivity contribution in [1.29, 1.82) is 0 Å². The summed E-state index contributed by atoms with van der Waals surface area (Å²) >= 11 is 0. The summed E-state index contributed by atoms with van der Waals surface area (Å²) in [5.41, 5.74) is 1.57. The molecule has 0 atom stereocenters. The van der Waals surface area contributed by atoms with Crippen LogP contribution in [-0.2, 0) is 11.2 Å². The van der Waals surface area contributed by atoms with Gasteiger partial charge in [0, 0.05) is 18.7 Å². The molecule has 0 fully saturated rings. The van der Waals surface area contributed by atoms with Crippen LogP contribution in [0.15, 0.2) is 30.3 Å². The molecular formula is C17H29NO. The third-order valence-corrected chi connectivity index (χ3v) is 3.18. The van der Waals surface area contributed by atoms with Crippen LogP contribution in [0.25, 0.3) is 0 Å². The van der Waals surface area contributed by atoms with Crippen LogP contribution in [0.2, 0.25) is 0 Å². The fourth-order valence-electron chi connectivity index (χ4n) is 1.97. The van der Waals surface area contributed by atoms with E-state index < -0.39 is 0 Å². The zero-order valence-electron chi connectivity index (χ0n) is 12.9. The second-order valence-electron chi connectivity index (χ2n) is 6.27. The van der Waals surface area contributed by atoms with Gasteiger partial charge >= 0.3 is 0 Å². The Morgan fingerprint density at radius 3 is 2.47 bits per heavy atom.